The monoisotopic (exact) mass is 349 g/mol. The topological polar surface area (TPSA) is 55.2 Å². The zero-order valence-electron chi connectivity index (χ0n) is 11.1. The van der Waals surface area contributed by atoms with Crippen LogP contribution in [0.1, 0.15) is 32.6 Å². The molecule has 1 aliphatic rings. The third kappa shape index (κ3) is 3.20. The van der Waals surface area contributed by atoms with E-state index in [0.717, 1.165) is 37.6 Å². The fraction of sp³-hybridized carbons (Fsp3) is 0.750. The van der Waals surface area contributed by atoms with Crippen LogP contribution in [0.15, 0.2) is 17.6 Å². The van der Waals surface area contributed by atoms with Gasteiger partial charge in [0.1, 0.15) is 0 Å². The first-order valence-corrected chi connectivity index (χ1v) is 9.25. The molecule has 0 bridgehead atoms. The van der Waals surface area contributed by atoms with Crippen molar-refractivity contribution in [3.63, 3.8) is 0 Å². The van der Waals surface area contributed by atoms with Crippen LogP contribution in [0, 0.1) is 0 Å². The maximum Gasteiger partial charge on any atom is 0.262 e. The van der Waals surface area contributed by atoms with Gasteiger partial charge in [0.2, 0.25) is 0 Å². The van der Waals surface area contributed by atoms with Gasteiger partial charge in [-0.05, 0) is 26.2 Å². The van der Waals surface area contributed by atoms with Crippen LogP contribution in [0.3, 0.4) is 0 Å². The second-order valence-electron chi connectivity index (χ2n) is 4.79. The lowest BCUT2D eigenvalue weighted by atomic mass is 10.0. The largest absolute Gasteiger partial charge is 0.336 e. The van der Waals surface area contributed by atoms with Crippen LogP contribution in [-0.2, 0) is 16.6 Å². The molecule has 19 heavy (non-hydrogen) atoms. The van der Waals surface area contributed by atoms with Crippen molar-refractivity contribution >= 4 is 26.0 Å². The average Bonchev–Trinajstić information content (AvgIpc) is 2.89. The SMILES string of the molecule is CCn1cnc(S(=O)(=O)N2CCCCC2CCBr)c1. The van der Waals surface area contributed by atoms with E-state index in [2.05, 4.69) is 20.9 Å². The van der Waals surface area contributed by atoms with E-state index in [4.69, 9.17) is 0 Å². The molecule has 1 saturated heterocycles. The summed E-state index contributed by atoms with van der Waals surface area (Å²) in [4.78, 5) is 4.05. The Kier molecular flexibility index (Phi) is 5.03. The number of halogens is 1. The molecular formula is C12H20BrN3O2S. The van der Waals surface area contributed by atoms with E-state index in [-0.39, 0.29) is 11.1 Å². The Morgan fingerprint density at radius 3 is 2.89 bits per heavy atom. The van der Waals surface area contributed by atoms with E-state index in [1.807, 2.05) is 6.92 Å². The lowest BCUT2D eigenvalue weighted by Crippen LogP contribution is -2.43. The zero-order chi connectivity index (χ0) is 13.9. The molecule has 1 atom stereocenters. The zero-order valence-corrected chi connectivity index (χ0v) is 13.5. The molecule has 1 fully saturated rings. The first-order chi connectivity index (χ1) is 9.09. The van der Waals surface area contributed by atoms with Gasteiger partial charge in [-0.2, -0.15) is 4.31 Å². The molecule has 0 saturated carbocycles. The minimum absolute atomic E-state index is 0.102. The quantitative estimate of drug-likeness (QED) is 0.766. The standard InChI is InChI=1S/C12H20BrN3O2S/c1-2-15-9-12(14-10-15)19(17,18)16-8-4-3-5-11(16)6-7-13/h9-11H,2-8H2,1H3. The van der Waals surface area contributed by atoms with Crippen LogP contribution in [0.5, 0.6) is 0 Å². The number of sulfonamides is 1. The van der Waals surface area contributed by atoms with Gasteiger partial charge in [-0.3, -0.25) is 0 Å². The van der Waals surface area contributed by atoms with Gasteiger partial charge in [0.15, 0.2) is 5.03 Å². The van der Waals surface area contributed by atoms with Crippen LogP contribution >= 0.6 is 15.9 Å². The Morgan fingerprint density at radius 1 is 1.47 bits per heavy atom. The van der Waals surface area contributed by atoms with Crippen LogP contribution in [-0.4, -0.2) is 40.2 Å². The molecule has 2 heterocycles. The minimum atomic E-state index is -3.44. The van der Waals surface area contributed by atoms with E-state index in [9.17, 15) is 8.42 Å². The molecule has 5 nitrogen and oxygen atoms in total. The highest BCUT2D eigenvalue weighted by molar-refractivity contribution is 9.09. The third-order valence-electron chi connectivity index (χ3n) is 3.56. The molecule has 1 unspecified atom stereocenters. The lowest BCUT2D eigenvalue weighted by Gasteiger charge is -2.33. The summed E-state index contributed by atoms with van der Waals surface area (Å²) in [6.45, 7) is 3.30. The number of rotatable bonds is 5. The van der Waals surface area contributed by atoms with Crippen molar-refractivity contribution in [2.45, 2.75) is 50.2 Å². The molecule has 1 aromatic heterocycles. The summed E-state index contributed by atoms with van der Waals surface area (Å²) in [7, 11) is -3.44. The molecule has 1 aliphatic heterocycles. The van der Waals surface area contributed by atoms with Gasteiger partial charge < -0.3 is 4.57 Å². The van der Waals surface area contributed by atoms with E-state index in [0.29, 0.717) is 6.54 Å². The fourth-order valence-corrected chi connectivity index (χ4v) is 4.66. The molecule has 0 N–H and O–H groups in total. The Balaban J connectivity index is 2.25. The predicted molar refractivity (Wildman–Crippen MR) is 77.8 cm³/mol. The van der Waals surface area contributed by atoms with Gasteiger partial charge >= 0.3 is 0 Å². The molecule has 0 aliphatic carbocycles. The minimum Gasteiger partial charge on any atom is -0.336 e. The summed E-state index contributed by atoms with van der Waals surface area (Å²) in [5.74, 6) is 0. The summed E-state index contributed by atoms with van der Waals surface area (Å²) < 4.78 is 28.7. The summed E-state index contributed by atoms with van der Waals surface area (Å²) in [5.41, 5.74) is 0. The number of hydrogen-bond donors (Lipinski definition) is 0. The predicted octanol–water partition coefficient (Wildman–Crippen LogP) is 2.23. The summed E-state index contributed by atoms with van der Waals surface area (Å²) in [6.07, 6.45) is 7.04. The van der Waals surface area contributed by atoms with E-state index in [1.54, 1.807) is 21.4 Å². The van der Waals surface area contributed by atoms with Gasteiger partial charge in [0.25, 0.3) is 10.0 Å². The number of imidazole rings is 1. The van der Waals surface area contributed by atoms with Crippen LogP contribution < -0.4 is 0 Å². The molecule has 0 aromatic carbocycles. The van der Waals surface area contributed by atoms with E-state index < -0.39 is 10.0 Å². The number of hydrogen-bond acceptors (Lipinski definition) is 3. The summed E-state index contributed by atoms with van der Waals surface area (Å²) in [6, 6.07) is 0.102. The normalized spacial score (nSPS) is 21.7. The van der Waals surface area contributed by atoms with Gasteiger partial charge in [0, 0.05) is 30.7 Å². The molecule has 0 radical (unpaired) electrons. The van der Waals surface area contributed by atoms with Crippen LogP contribution in [0.2, 0.25) is 0 Å². The number of aryl methyl sites for hydroxylation is 1. The molecule has 0 spiro atoms. The summed E-state index contributed by atoms with van der Waals surface area (Å²) >= 11 is 3.41. The average molecular weight is 350 g/mol. The lowest BCUT2D eigenvalue weighted by molar-refractivity contribution is 0.247. The molecule has 108 valence electrons. The van der Waals surface area contributed by atoms with Crippen molar-refractivity contribution in [2.24, 2.45) is 0 Å². The number of piperidine rings is 1. The Morgan fingerprint density at radius 2 is 2.26 bits per heavy atom. The Bertz CT molecular complexity index is 513. The van der Waals surface area contributed by atoms with Gasteiger partial charge in [-0.1, -0.05) is 22.4 Å². The highest BCUT2D eigenvalue weighted by Crippen LogP contribution is 2.26. The Labute approximate surface area is 123 Å². The van der Waals surface area contributed by atoms with Crippen molar-refractivity contribution in [1.82, 2.24) is 13.9 Å². The maximum absolute atomic E-state index is 12.6. The van der Waals surface area contributed by atoms with Crippen molar-refractivity contribution in [1.29, 1.82) is 0 Å². The van der Waals surface area contributed by atoms with Crippen molar-refractivity contribution < 1.29 is 8.42 Å². The van der Waals surface area contributed by atoms with Gasteiger partial charge in [0.05, 0.1) is 6.33 Å². The number of aromatic nitrogens is 2. The van der Waals surface area contributed by atoms with Crippen molar-refractivity contribution in [2.75, 3.05) is 11.9 Å². The number of alkyl halides is 1. The van der Waals surface area contributed by atoms with Crippen molar-refractivity contribution in [3.05, 3.63) is 12.5 Å². The third-order valence-corrected chi connectivity index (χ3v) is 5.86. The maximum atomic E-state index is 12.6. The second kappa shape index (κ2) is 6.37. The molecule has 7 heteroatoms. The smallest absolute Gasteiger partial charge is 0.262 e. The van der Waals surface area contributed by atoms with E-state index >= 15 is 0 Å². The van der Waals surface area contributed by atoms with Gasteiger partial charge in [-0.15, -0.1) is 0 Å². The first kappa shape index (κ1) is 15.0. The Hall–Kier alpha value is -0.400. The second-order valence-corrected chi connectivity index (χ2v) is 7.42. The van der Waals surface area contributed by atoms with Crippen molar-refractivity contribution in [3.8, 4) is 0 Å². The highest BCUT2D eigenvalue weighted by atomic mass is 79.9. The fourth-order valence-electron chi connectivity index (χ4n) is 2.47. The van der Waals surface area contributed by atoms with Crippen LogP contribution in [0.4, 0.5) is 0 Å². The molecular weight excluding hydrogens is 330 g/mol. The molecule has 0 amide bonds. The highest BCUT2D eigenvalue weighted by Gasteiger charge is 2.34. The molecule has 2 rings (SSSR count). The van der Waals surface area contributed by atoms with E-state index in [1.165, 1.54) is 0 Å². The molecule has 1 aromatic rings. The number of nitrogens with zero attached hydrogens (tertiary/aromatic N) is 3. The summed E-state index contributed by atoms with van der Waals surface area (Å²) in [5, 5.41) is 1.00. The van der Waals surface area contributed by atoms with Crippen LogP contribution in [0.25, 0.3) is 0 Å². The first-order valence-electron chi connectivity index (χ1n) is 6.69. The van der Waals surface area contributed by atoms with Gasteiger partial charge in [-0.25, -0.2) is 13.4 Å².